The van der Waals surface area contributed by atoms with Crippen LogP contribution in [0.15, 0.2) is 48.5 Å². The number of para-hydroxylation sites is 1. The maximum Gasteiger partial charge on any atom is 0.323 e. The smallest absolute Gasteiger partial charge is 0.323 e. The van der Waals surface area contributed by atoms with Gasteiger partial charge in [-0.3, -0.25) is 0 Å². The first-order valence-electron chi connectivity index (χ1n) is 6.72. The second-order valence-corrected chi connectivity index (χ2v) is 4.36. The highest BCUT2D eigenvalue weighted by Crippen LogP contribution is 2.23. The summed E-state index contributed by atoms with van der Waals surface area (Å²) in [6.45, 7) is 2.25. The molecule has 0 aliphatic heterocycles. The molecule has 2 aromatic carbocycles. The van der Waals surface area contributed by atoms with Gasteiger partial charge in [0, 0.05) is 16.9 Å². The third kappa shape index (κ3) is 4.22. The first kappa shape index (κ1) is 14.9. The van der Waals surface area contributed by atoms with Gasteiger partial charge in [0.1, 0.15) is 5.75 Å². The number of hydrogen-bond donors (Lipinski definition) is 3. The third-order valence-electron chi connectivity index (χ3n) is 2.82. The average molecular weight is 286 g/mol. The fourth-order valence-electron chi connectivity index (χ4n) is 1.89. The fraction of sp³-hybridized carbons (Fsp3) is 0.188. The summed E-state index contributed by atoms with van der Waals surface area (Å²) in [7, 11) is 0. The SMILES string of the molecule is CCOc1ccc(NC(=O)Nc2ccccc2)cc1CO. The molecule has 0 aromatic heterocycles. The van der Waals surface area contributed by atoms with E-state index in [2.05, 4.69) is 10.6 Å². The number of hydrogen-bond acceptors (Lipinski definition) is 3. The average Bonchev–Trinajstić information content (AvgIpc) is 2.50. The van der Waals surface area contributed by atoms with Gasteiger partial charge in [0.05, 0.1) is 13.2 Å². The van der Waals surface area contributed by atoms with E-state index >= 15 is 0 Å². The molecule has 2 rings (SSSR count). The van der Waals surface area contributed by atoms with Crippen LogP contribution in [0.25, 0.3) is 0 Å². The second kappa shape index (κ2) is 7.31. The summed E-state index contributed by atoms with van der Waals surface area (Å²) in [4.78, 5) is 11.9. The van der Waals surface area contributed by atoms with Crippen molar-refractivity contribution in [1.82, 2.24) is 0 Å². The van der Waals surface area contributed by atoms with Crippen molar-refractivity contribution in [2.75, 3.05) is 17.2 Å². The number of carbonyl (C=O) groups excluding carboxylic acids is 1. The molecule has 0 atom stereocenters. The van der Waals surface area contributed by atoms with Crippen LogP contribution >= 0.6 is 0 Å². The number of aliphatic hydroxyl groups excluding tert-OH is 1. The van der Waals surface area contributed by atoms with Gasteiger partial charge in [-0.25, -0.2) is 4.79 Å². The summed E-state index contributed by atoms with van der Waals surface area (Å²) in [5.74, 6) is 0.619. The predicted molar refractivity (Wildman–Crippen MR) is 82.6 cm³/mol. The van der Waals surface area contributed by atoms with Crippen molar-refractivity contribution in [3.05, 3.63) is 54.1 Å². The lowest BCUT2D eigenvalue weighted by Gasteiger charge is -2.12. The van der Waals surface area contributed by atoms with Crippen LogP contribution < -0.4 is 15.4 Å². The Balaban J connectivity index is 2.04. The van der Waals surface area contributed by atoms with Gasteiger partial charge in [-0.2, -0.15) is 0 Å². The molecule has 0 saturated heterocycles. The second-order valence-electron chi connectivity index (χ2n) is 4.36. The Morgan fingerprint density at radius 1 is 1.10 bits per heavy atom. The highest BCUT2D eigenvalue weighted by atomic mass is 16.5. The van der Waals surface area contributed by atoms with E-state index in [-0.39, 0.29) is 12.6 Å². The third-order valence-corrected chi connectivity index (χ3v) is 2.82. The molecule has 5 heteroatoms. The first-order chi connectivity index (χ1) is 10.2. The van der Waals surface area contributed by atoms with Crippen molar-refractivity contribution >= 4 is 17.4 Å². The molecule has 110 valence electrons. The quantitative estimate of drug-likeness (QED) is 0.790. The zero-order chi connectivity index (χ0) is 15.1. The Hall–Kier alpha value is -2.53. The Bertz CT molecular complexity index is 600. The van der Waals surface area contributed by atoms with Gasteiger partial charge >= 0.3 is 6.03 Å². The minimum Gasteiger partial charge on any atom is -0.494 e. The highest BCUT2D eigenvalue weighted by Gasteiger charge is 2.07. The lowest BCUT2D eigenvalue weighted by Crippen LogP contribution is -2.19. The molecule has 5 nitrogen and oxygen atoms in total. The van der Waals surface area contributed by atoms with Gasteiger partial charge in [0.25, 0.3) is 0 Å². The largest absolute Gasteiger partial charge is 0.494 e. The van der Waals surface area contributed by atoms with Gasteiger partial charge < -0.3 is 20.5 Å². The molecule has 0 fully saturated rings. The normalized spacial score (nSPS) is 10.0. The Morgan fingerprint density at radius 2 is 1.81 bits per heavy atom. The monoisotopic (exact) mass is 286 g/mol. The van der Waals surface area contributed by atoms with E-state index in [1.54, 1.807) is 30.3 Å². The van der Waals surface area contributed by atoms with Crippen molar-refractivity contribution < 1.29 is 14.6 Å². The van der Waals surface area contributed by atoms with E-state index in [1.165, 1.54) is 0 Å². The molecule has 0 aliphatic rings. The van der Waals surface area contributed by atoms with Crippen LogP contribution in [0.3, 0.4) is 0 Å². The Morgan fingerprint density at radius 3 is 2.48 bits per heavy atom. The van der Waals surface area contributed by atoms with Crippen LogP contribution in [0, 0.1) is 0 Å². The predicted octanol–water partition coefficient (Wildman–Crippen LogP) is 3.22. The van der Waals surface area contributed by atoms with Crippen LogP contribution in [0.2, 0.25) is 0 Å². The molecular weight excluding hydrogens is 268 g/mol. The molecule has 0 radical (unpaired) electrons. The number of carbonyl (C=O) groups is 1. The number of rotatable bonds is 5. The van der Waals surface area contributed by atoms with Gasteiger partial charge in [-0.15, -0.1) is 0 Å². The van der Waals surface area contributed by atoms with E-state index in [0.717, 1.165) is 0 Å². The lowest BCUT2D eigenvalue weighted by atomic mass is 10.2. The summed E-state index contributed by atoms with van der Waals surface area (Å²) < 4.78 is 5.40. The minimum atomic E-state index is -0.339. The van der Waals surface area contributed by atoms with Crippen molar-refractivity contribution in [2.24, 2.45) is 0 Å². The first-order valence-corrected chi connectivity index (χ1v) is 6.72. The van der Waals surface area contributed by atoms with E-state index < -0.39 is 0 Å². The topological polar surface area (TPSA) is 70.6 Å². The zero-order valence-corrected chi connectivity index (χ0v) is 11.8. The van der Waals surface area contributed by atoms with Crippen LogP contribution in [0.1, 0.15) is 12.5 Å². The van der Waals surface area contributed by atoms with Crippen LogP contribution in [0.4, 0.5) is 16.2 Å². The molecule has 2 amide bonds. The molecule has 2 aromatic rings. The molecule has 0 bridgehead atoms. The molecule has 0 unspecified atom stereocenters. The van der Waals surface area contributed by atoms with Gasteiger partial charge in [-0.05, 0) is 37.3 Å². The zero-order valence-electron chi connectivity index (χ0n) is 11.8. The number of amides is 2. The van der Waals surface area contributed by atoms with Crippen molar-refractivity contribution in [2.45, 2.75) is 13.5 Å². The van der Waals surface area contributed by atoms with E-state index in [1.807, 2.05) is 25.1 Å². The number of urea groups is 1. The molecular formula is C16H18N2O3. The van der Waals surface area contributed by atoms with Gasteiger partial charge in [0.15, 0.2) is 0 Å². The van der Waals surface area contributed by atoms with Crippen LogP contribution in [-0.2, 0) is 6.61 Å². The Kier molecular flexibility index (Phi) is 5.17. The van der Waals surface area contributed by atoms with Crippen molar-refractivity contribution in [3.8, 4) is 5.75 Å². The molecule has 0 spiro atoms. The maximum atomic E-state index is 11.9. The van der Waals surface area contributed by atoms with Gasteiger partial charge in [0.2, 0.25) is 0 Å². The minimum absolute atomic E-state index is 0.148. The Labute approximate surface area is 123 Å². The van der Waals surface area contributed by atoms with Crippen LogP contribution in [-0.4, -0.2) is 17.7 Å². The van der Waals surface area contributed by atoms with Gasteiger partial charge in [-0.1, -0.05) is 18.2 Å². The summed E-state index contributed by atoms with van der Waals surface area (Å²) in [6.07, 6.45) is 0. The van der Waals surface area contributed by atoms with Crippen molar-refractivity contribution in [1.29, 1.82) is 0 Å². The molecule has 21 heavy (non-hydrogen) atoms. The number of nitrogens with one attached hydrogen (secondary N) is 2. The molecule has 0 heterocycles. The molecule has 3 N–H and O–H groups in total. The highest BCUT2D eigenvalue weighted by molar-refractivity contribution is 5.99. The standard InChI is InChI=1S/C16H18N2O3/c1-2-21-15-9-8-14(10-12(15)11-19)18-16(20)17-13-6-4-3-5-7-13/h3-10,19H,2,11H2,1H3,(H2,17,18,20). The fourth-order valence-corrected chi connectivity index (χ4v) is 1.89. The molecule has 0 saturated carbocycles. The van der Waals surface area contributed by atoms with Crippen molar-refractivity contribution in [3.63, 3.8) is 0 Å². The lowest BCUT2D eigenvalue weighted by molar-refractivity contribution is 0.261. The number of anilines is 2. The van der Waals surface area contributed by atoms with E-state index in [0.29, 0.717) is 29.3 Å². The number of benzene rings is 2. The molecule has 0 aliphatic carbocycles. The van der Waals surface area contributed by atoms with E-state index in [9.17, 15) is 9.90 Å². The summed E-state index contributed by atoms with van der Waals surface area (Å²) in [6, 6.07) is 14.0. The maximum absolute atomic E-state index is 11.9. The summed E-state index contributed by atoms with van der Waals surface area (Å²) in [5.41, 5.74) is 1.94. The van der Waals surface area contributed by atoms with Crippen LogP contribution in [0.5, 0.6) is 5.75 Å². The number of ether oxygens (including phenoxy) is 1. The summed E-state index contributed by atoms with van der Waals surface area (Å²) >= 11 is 0. The summed E-state index contributed by atoms with van der Waals surface area (Å²) in [5, 5.41) is 14.8. The number of aliphatic hydroxyl groups is 1. The van der Waals surface area contributed by atoms with E-state index in [4.69, 9.17) is 4.74 Å².